The molecule has 0 unspecified atom stereocenters. The fourth-order valence-electron chi connectivity index (χ4n) is 2.98. The minimum atomic E-state index is 0.373. The predicted molar refractivity (Wildman–Crippen MR) is 77.4 cm³/mol. The molecule has 0 heterocycles. The summed E-state index contributed by atoms with van der Waals surface area (Å²) in [5, 5.41) is 3.56. The van der Waals surface area contributed by atoms with Crippen molar-refractivity contribution < 1.29 is 0 Å². The highest BCUT2D eigenvalue weighted by atomic mass is 79.9. The van der Waals surface area contributed by atoms with Crippen molar-refractivity contribution in [1.29, 1.82) is 0 Å². The van der Waals surface area contributed by atoms with Gasteiger partial charge in [0.15, 0.2) is 0 Å². The first-order valence-electron chi connectivity index (χ1n) is 6.74. The highest BCUT2D eigenvalue weighted by molar-refractivity contribution is 9.10. The van der Waals surface area contributed by atoms with Crippen LogP contribution in [0.25, 0.3) is 0 Å². The van der Waals surface area contributed by atoms with Gasteiger partial charge in [0.05, 0.1) is 0 Å². The molecule has 1 nitrogen and oxygen atoms in total. The van der Waals surface area contributed by atoms with Gasteiger partial charge in [-0.15, -0.1) is 0 Å². The van der Waals surface area contributed by atoms with Gasteiger partial charge in [-0.25, -0.2) is 0 Å². The van der Waals surface area contributed by atoms with Crippen LogP contribution >= 0.6 is 15.9 Å². The van der Waals surface area contributed by atoms with E-state index in [0.29, 0.717) is 5.41 Å². The molecule has 1 aliphatic rings. The van der Waals surface area contributed by atoms with Crippen LogP contribution in [-0.4, -0.2) is 13.1 Å². The van der Waals surface area contributed by atoms with Gasteiger partial charge in [-0.3, -0.25) is 0 Å². The van der Waals surface area contributed by atoms with Gasteiger partial charge in [0, 0.05) is 16.4 Å². The molecule has 0 amide bonds. The lowest BCUT2D eigenvalue weighted by molar-refractivity contribution is 0.282. The number of nitrogens with one attached hydrogen (secondary N) is 1. The monoisotopic (exact) mass is 295 g/mol. The second-order valence-electron chi connectivity index (χ2n) is 5.13. The van der Waals surface area contributed by atoms with Gasteiger partial charge in [0.1, 0.15) is 0 Å². The van der Waals surface area contributed by atoms with E-state index >= 15 is 0 Å². The molecule has 17 heavy (non-hydrogen) atoms. The molecule has 0 saturated heterocycles. The molecule has 2 rings (SSSR count). The molecule has 1 aromatic carbocycles. The molecule has 0 bridgehead atoms. The fraction of sp³-hybridized carbons (Fsp3) is 0.600. The Morgan fingerprint density at radius 2 is 2.00 bits per heavy atom. The van der Waals surface area contributed by atoms with Crippen LogP contribution in [0.2, 0.25) is 0 Å². The summed E-state index contributed by atoms with van der Waals surface area (Å²) >= 11 is 3.60. The van der Waals surface area contributed by atoms with Gasteiger partial charge in [0.2, 0.25) is 0 Å². The molecule has 0 aromatic heterocycles. The predicted octanol–water partition coefficient (Wildman–Crippen LogP) is 4.26. The third-order valence-corrected chi connectivity index (χ3v) is 4.45. The van der Waals surface area contributed by atoms with Gasteiger partial charge in [-0.05, 0) is 37.1 Å². The number of rotatable bonds is 4. The van der Waals surface area contributed by atoms with Gasteiger partial charge in [-0.2, -0.15) is 0 Å². The van der Waals surface area contributed by atoms with E-state index in [-0.39, 0.29) is 0 Å². The molecule has 94 valence electrons. The maximum atomic E-state index is 3.60. The van der Waals surface area contributed by atoms with Crippen molar-refractivity contribution in [1.82, 2.24) is 5.32 Å². The largest absolute Gasteiger partial charge is 0.316 e. The van der Waals surface area contributed by atoms with Crippen molar-refractivity contribution in [2.45, 2.75) is 44.4 Å². The van der Waals surface area contributed by atoms with Crippen molar-refractivity contribution in [3.8, 4) is 0 Å². The van der Waals surface area contributed by atoms with Crippen molar-refractivity contribution >= 4 is 15.9 Å². The summed E-state index contributed by atoms with van der Waals surface area (Å²) in [5.74, 6) is 0. The number of hydrogen-bond acceptors (Lipinski definition) is 1. The number of halogens is 1. The highest BCUT2D eigenvalue weighted by Crippen LogP contribution is 2.39. The van der Waals surface area contributed by atoms with E-state index in [4.69, 9.17) is 0 Å². The van der Waals surface area contributed by atoms with Crippen molar-refractivity contribution in [3.05, 3.63) is 34.3 Å². The van der Waals surface area contributed by atoms with Crippen LogP contribution < -0.4 is 5.32 Å². The maximum Gasteiger partial charge on any atom is 0.0178 e. The molecule has 1 fully saturated rings. The lowest BCUT2D eigenvalue weighted by atomic mass is 9.69. The second-order valence-corrected chi connectivity index (χ2v) is 6.05. The minimum Gasteiger partial charge on any atom is -0.316 e. The molecule has 1 N–H and O–H groups in total. The first kappa shape index (κ1) is 13.1. The zero-order valence-electron chi connectivity index (χ0n) is 10.6. The Bertz CT molecular complexity index is 356. The SMILES string of the molecule is CCNCC1(c2cccc(Br)c2)CCCCC1. The Morgan fingerprint density at radius 1 is 1.24 bits per heavy atom. The molecule has 0 spiro atoms. The summed E-state index contributed by atoms with van der Waals surface area (Å²) in [5.41, 5.74) is 1.88. The Hall–Kier alpha value is -0.340. The maximum absolute atomic E-state index is 3.60. The Kier molecular flexibility index (Phi) is 4.63. The van der Waals surface area contributed by atoms with Crippen LogP contribution in [0.15, 0.2) is 28.7 Å². The van der Waals surface area contributed by atoms with Crippen molar-refractivity contribution in [2.75, 3.05) is 13.1 Å². The summed E-state index contributed by atoms with van der Waals surface area (Å²) in [7, 11) is 0. The van der Waals surface area contributed by atoms with Crippen LogP contribution in [0, 0.1) is 0 Å². The first-order valence-corrected chi connectivity index (χ1v) is 7.53. The van der Waals surface area contributed by atoms with Crippen LogP contribution in [0.4, 0.5) is 0 Å². The molecular weight excluding hydrogens is 274 g/mol. The highest BCUT2D eigenvalue weighted by Gasteiger charge is 2.33. The van der Waals surface area contributed by atoms with Crippen molar-refractivity contribution in [2.24, 2.45) is 0 Å². The summed E-state index contributed by atoms with van der Waals surface area (Å²) < 4.78 is 1.21. The summed E-state index contributed by atoms with van der Waals surface area (Å²) in [6.45, 7) is 4.38. The van der Waals surface area contributed by atoms with Crippen LogP contribution in [0.5, 0.6) is 0 Å². The van der Waals surface area contributed by atoms with E-state index < -0.39 is 0 Å². The molecule has 1 saturated carbocycles. The quantitative estimate of drug-likeness (QED) is 0.875. The van der Waals surface area contributed by atoms with E-state index in [9.17, 15) is 0 Å². The van der Waals surface area contributed by atoms with Crippen molar-refractivity contribution in [3.63, 3.8) is 0 Å². The molecule has 1 aromatic rings. The zero-order chi connectivity index (χ0) is 12.1. The normalized spacial score (nSPS) is 19.2. The average Bonchev–Trinajstić information content (AvgIpc) is 2.37. The topological polar surface area (TPSA) is 12.0 Å². The number of benzene rings is 1. The summed E-state index contributed by atoms with van der Waals surface area (Å²) in [6, 6.07) is 8.89. The fourth-order valence-corrected chi connectivity index (χ4v) is 3.38. The molecule has 1 aliphatic carbocycles. The third kappa shape index (κ3) is 3.11. The van der Waals surface area contributed by atoms with E-state index in [0.717, 1.165) is 13.1 Å². The van der Waals surface area contributed by atoms with Crippen LogP contribution in [0.1, 0.15) is 44.6 Å². The van der Waals surface area contributed by atoms with Crippen LogP contribution in [0.3, 0.4) is 0 Å². The second kappa shape index (κ2) is 6.01. The Balaban J connectivity index is 2.25. The minimum absolute atomic E-state index is 0.373. The van der Waals surface area contributed by atoms with Gasteiger partial charge >= 0.3 is 0 Å². The lowest BCUT2D eigenvalue weighted by Gasteiger charge is -2.38. The molecule has 2 heteroatoms. The average molecular weight is 296 g/mol. The first-order chi connectivity index (χ1) is 8.27. The lowest BCUT2D eigenvalue weighted by Crippen LogP contribution is -2.39. The smallest absolute Gasteiger partial charge is 0.0178 e. The Labute approximate surface area is 113 Å². The summed E-state index contributed by atoms with van der Waals surface area (Å²) in [4.78, 5) is 0. The number of hydrogen-bond donors (Lipinski definition) is 1. The molecule has 0 aliphatic heterocycles. The summed E-state index contributed by atoms with van der Waals surface area (Å²) in [6.07, 6.45) is 6.81. The van der Waals surface area contributed by atoms with E-state index in [1.807, 2.05) is 0 Å². The van der Waals surface area contributed by atoms with E-state index in [2.05, 4.69) is 52.4 Å². The molecule has 0 radical (unpaired) electrons. The Morgan fingerprint density at radius 3 is 2.65 bits per heavy atom. The van der Waals surface area contributed by atoms with Gasteiger partial charge in [0.25, 0.3) is 0 Å². The zero-order valence-corrected chi connectivity index (χ0v) is 12.2. The molecule has 0 atom stereocenters. The van der Waals surface area contributed by atoms with E-state index in [1.165, 1.54) is 42.1 Å². The number of likely N-dealkylation sites (N-methyl/N-ethyl adjacent to an activating group) is 1. The van der Waals surface area contributed by atoms with Crippen LogP contribution in [-0.2, 0) is 5.41 Å². The van der Waals surface area contributed by atoms with Gasteiger partial charge < -0.3 is 5.32 Å². The molecular formula is C15H22BrN. The standard InChI is InChI=1S/C15H22BrN/c1-2-17-12-15(9-4-3-5-10-15)13-7-6-8-14(16)11-13/h6-8,11,17H,2-5,9-10,12H2,1H3. The van der Waals surface area contributed by atoms with E-state index in [1.54, 1.807) is 0 Å². The third-order valence-electron chi connectivity index (χ3n) is 3.96. The van der Waals surface area contributed by atoms with Gasteiger partial charge in [-0.1, -0.05) is 54.2 Å².